The molecule has 0 amide bonds. The van der Waals surface area contributed by atoms with Gasteiger partial charge in [0, 0.05) is 31.2 Å². The summed E-state index contributed by atoms with van der Waals surface area (Å²) in [6.07, 6.45) is 6.02. The van der Waals surface area contributed by atoms with Crippen LogP contribution in [0.2, 0.25) is 0 Å². The van der Waals surface area contributed by atoms with Gasteiger partial charge in [0.15, 0.2) is 0 Å². The summed E-state index contributed by atoms with van der Waals surface area (Å²) >= 11 is 0. The van der Waals surface area contributed by atoms with Crippen LogP contribution in [0.15, 0.2) is 24.5 Å². The summed E-state index contributed by atoms with van der Waals surface area (Å²) in [4.78, 5) is 4.36. The Kier molecular flexibility index (Phi) is 4.70. The van der Waals surface area contributed by atoms with Crippen molar-refractivity contribution in [1.82, 2.24) is 10.3 Å². The van der Waals surface area contributed by atoms with Gasteiger partial charge in [-0.2, -0.15) is 0 Å². The number of hydrogen-bond donors (Lipinski definition) is 2. The maximum Gasteiger partial charge on any atom is 0.0731 e. The van der Waals surface area contributed by atoms with Crippen molar-refractivity contribution >= 4 is 11.8 Å². The molecule has 0 aromatic carbocycles. The molecule has 0 aliphatic carbocycles. The average molecular weight is 217 g/mol. The summed E-state index contributed by atoms with van der Waals surface area (Å²) in [6.45, 7) is 4.38. The van der Waals surface area contributed by atoms with Crippen LogP contribution < -0.4 is 5.32 Å². The number of allylic oxidation sites excluding steroid dienone is 1. The van der Waals surface area contributed by atoms with Crippen molar-refractivity contribution in [2.75, 3.05) is 7.05 Å². The average Bonchev–Trinajstić information content (AvgIpc) is 2.26. The molecule has 0 atom stereocenters. The molecule has 0 aliphatic rings. The third kappa shape index (κ3) is 3.50. The monoisotopic (exact) mass is 217 g/mol. The smallest absolute Gasteiger partial charge is 0.0731 e. The summed E-state index contributed by atoms with van der Waals surface area (Å²) in [5.74, 6) is 0.641. The molecule has 2 N–H and O–H groups in total. The first kappa shape index (κ1) is 12.4. The Morgan fingerprint density at radius 3 is 2.69 bits per heavy atom. The number of pyridine rings is 1. The Balaban J connectivity index is 2.85. The summed E-state index contributed by atoms with van der Waals surface area (Å²) in [7, 11) is 1.82. The van der Waals surface area contributed by atoms with E-state index in [0.29, 0.717) is 5.92 Å². The Bertz CT molecular complexity index is 363. The van der Waals surface area contributed by atoms with E-state index in [2.05, 4.69) is 30.2 Å². The lowest BCUT2D eigenvalue weighted by Crippen LogP contribution is -2.00. The highest BCUT2D eigenvalue weighted by Crippen LogP contribution is 2.11. The van der Waals surface area contributed by atoms with Crippen LogP contribution in [0.5, 0.6) is 0 Å². The molecule has 0 radical (unpaired) electrons. The van der Waals surface area contributed by atoms with Crippen LogP contribution in [-0.4, -0.2) is 18.2 Å². The van der Waals surface area contributed by atoms with Gasteiger partial charge in [0.25, 0.3) is 0 Å². The van der Waals surface area contributed by atoms with Crippen molar-refractivity contribution in [3.05, 3.63) is 35.8 Å². The number of hydrogen-bond acceptors (Lipinski definition) is 3. The molecule has 1 rings (SSSR count). The van der Waals surface area contributed by atoms with Crippen LogP contribution in [0.25, 0.3) is 5.57 Å². The quantitative estimate of drug-likeness (QED) is 0.744. The minimum absolute atomic E-state index is 0.641. The lowest BCUT2D eigenvalue weighted by molar-refractivity contribution is 0.645. The molecule has 0 fully saturated rings. The van der Waals surface area contributed by atoms with Gasteiger partial charge in [0.1, 0.15) is 0 Å². The van der Waals surface area contributed by atoms with Gasteiger partial charge >= 0.3 is 0 Å². The summed E-state index contributed by atoms with van der Waals surface area (Å²) in [6, 6.07) is 4.04. The first-order valence-corrected chi connectivity index (χ1v) is 5.50. The van der Waals surface area contributed by atoms with Crippen molar-refractivity contribution in [3.8, 4) is 0 Å². The molecule has 0 aliphatic heterocycles. The van der Waals surface area contributed by atoms with Crippen LogP contribution in [0.3, 0.4) is 0 Å². The van der Waals surface area contributed by atoms with Crippen LogP contribution in [0.1, 0.15) is 25.1 Å². The van der Waals surface area contributed by atoms with E-state index in [0.717, 1.165) is 17.7 Å². The number of nitrogens with one attached hydrogen (secondary N) is 2. The Morgan fingerprint density at radius 1 is 1.50 bits per heavy atom. The van der Waals surface area contributed by atoms with Gasteiger partial charge in [-0.05, 0) is 24.0 Å². The van der Waals surface area contributed by atoms with Crippen molar-refractivity contribution in [1.29, 1.82) is 5.41 Å². The molecule has 0 unspecified atom stereocenters. The molecule has 1 aromatic heterocycles. The number of rotatable bonds is 5. The number of nitrogens with zero attached hydrogens (tertiary/aromatic N) is 1. The van der Waals surface area contributed by atoms with Crippen LogP contribution >= 0.6 is 0 Å². The van der Waals surface area contributed by atoms with E-state index in [-0.39, 0.29) is 0 Å². The molecule has 1 heterocycles. The Hall–Kier alpha value is -1.64. The first-order valence-electron chi connectivity index (χ1n) is 5.50. The van der Waals surface area contributed by atoms with Gasteiger partial charge in [0.2, 0.25) is 0 Å². The van der Waals surface area contributed by atoms with E-state index in [1.165, 1.54) is 11.8 Å². The van der Waals surface area contributed by atoms with Crippen LogP contribution in [-0.2, 0) is 6.42 Å². The largest absolute Gasteiger partial charge is 0.393 e. The van der Waals surface area contributed by atoms with Crippen molar-refractivity contribution in [3.63, 3.8) is 0 Å². The van der Waals surface area contributed by atoms with E-state index < -0.39 is 0 Å². The Labute approximate surface area is 97.1 Å². The molecular formula is C13H19N3. The van der Waals surface area contributed by atoms with E-state index in [4.69, 9.17) is 5.41 Å². The fourth-order valence-electron chi connectivity index (χ4n) is 1.53. The molecule has 3 nitrogen and oxygen atoms in total. The van der Waals surface area contributed by atoms with E-state index in [1.54, 1.807) is 6.20 Å². The third-order valence-corrected chi connectivity index (χ3v) is 2.22. The minimum atomic E-state index is 0.641. The molecule has 3 heteroatoms. The van der Waals surface area contributed by atoms with Gasteiger partial charge in [-0.15, -0.1) is 0 Å². The normalized spacial score (nSPS) is 11.6. The second-order valence-corrected chi connectivity index (χ2v) is 4.18. The zero-order valence-corrected chi connectivity index (χ0v) is 10.1. The first-order chi connectivity index (χ1) is 7.67. The fraction of sp³-hybridized carbons (Fsp3) is 0.385. The lowest BCUT2D eigenvalue weighted by Gasteiger charge is -2.06. The van der Waals surface area contributed by atoms with Crippen molar-refractivity contribution in [2.24, 2.45) is 5.92 Å². The van der Waals surface area contributed by atoms with Gasteiger partial charge < -0.3 is 10.7 Å². The molecular weight excluding hydrogens is 198 g/mol. The highest BCUT2D eigenvalue weighted by Gasteiger charge is 2.01. The number of aromatic nitrogens is 1. The summed E-state index contributed by atoms with van der Waals surface area (Å²) in [5.41, 5.74) is 2.86. The highest BCUT2D eigenvalue weighted by molar-refractivity contribution is 6.07. The second-order valence-electron chi connectivity index (χ2n) is 4.18. The molecule has 86 valence electrons. The molecule has 16 heavy (non-hydrogen) atoms. The lowest BCUT2D eigenvalue weighted by atomic mass is 10.0. The zero-order valence-electron chi connectivity index (χ0n) is 10.1. The second kappa shape index (κ2) is 6.05. The minimum Gasteiger partial charge on any atom is -0.393 e. The summed E-state index contributed by atoms with van der Waals surface area (Å²) in [5, 5.41) is 10.2. The van der Waals surface area contributed by atoms with E-state index >= 15 is 0 Å². The zero-order chi connectivity index (χ0) is 12.0. The van der Waals surface area contributed by atoms with E-state index in [1.807, 2.05) is 19.3 Å². The van der Waals surface area contributed by atoms with Gasteiger partial charge in [-0.25, -0.2) is 0 Å². The maximum atomic E-state index is 7.29. The van der Waals surface area contributed by atoms with Crippen LogP contribution in [0.4, 0.5) is 0 Å². The summed E-state index contributed by atoms with van der Waals surface area (Å²) < 4.78 is 0. The van der Waals surface area contributed by atoms with Gasteiger partial charge in [-0.3, -0.25) is 4.98 Å². The predicted octanol–water partition coefficient (Wildman–Crippen LogP) is 2.49. The SMILES string of the molecule is CN/C=C(\C=N)c1ccc(CC(C)C)cn1. The highest BCUT2D eigenvalue weighted by atomic mass is 14.8. The van der Waals surface area contributed by atoms with Crippen molar-refractivity contribution < 1.29 is 0 Å². The molecule has 0 saturated heterocycles. The van der Waals surface area contributed by atoms with Gasteiger partial charge in [-0.1, -0.05) is 19.9 Å². The Morgan fingerprint density at radius 2 is 2.25 bits per heavy atom. The molecule has 1 aromatic rings. The predicted molar refractivity (Wildman–Crippen MR) is 68.6 cm³/mol. The van der Waals surface area contributed by atoms with E-state index in [9.17, 15) is 0 Å². The molecule has 0 spiro atoms. The third-order valence-electron chi connectivity index (χ3n) is 2.22. The van der Waals surface area contributed by atoms with Crippen molar-refractivity contribution in [2.45, 2.75) is 20.3 Å². The topological polar surface area (TPSA) is 48.8 Å². The fourth-order valence-corrected chi connectivity index (χ4v) is 1.53. The standard InChI is InChI=1S/C13H19N3/c1-10(2)6-11-4-5-13(16-8-11)12(7-14)9-15-3/h4-5,7-10,14-15H,6H2,1-3H3/b12-9+,14-7?. The molecule has 0 saturated carbocycles. The maximum absolute atomic E-state index is 7.29. The molecule has 0 bridgehead atoms. The van der Waals surface area contributed by atoms with Gasteiger partial charge in [0.05, 0.1) is 5.69 Å². The van der Waals surface area contributed by atoms with Crippen LogP contribution in [0, 0.1) is 11.3 Å².